The fourth-order valence-corrected chi connectivity index (χ4v) is 1.25. The maximum absolute atomic E-state index is 9.37. The van der Waals surface area contributed by atoms with Gasteiger partial charge in [0.15, 0.2) is 0 Å². The molecule has 0 aliphatic heterocycles. The molecule has 0 saturated heterocycles. The highest BCUT2D eigenvalue weighted by molar-refractivity contribution is 5.37. The number of aliphatic hydroxyl groups excluding tert-OH is 1. The Kier molecular flexibility index (Phi) is 5.08. The van der Waals surface area contributed by atoms with E-state index in [-0.39, 0.29) is 12.6 Å². The zero-order valence-corrected chi connectivity index (χ0v) is 11.3. The van der Waals surface area contributed by atoms with Gasteiger partial charge < -0.3 is 20.5 Å². The summed E-state index contributed by atoms with van der Waals surface area (Å²) in [5.74, 6) is 0.833. The van der Waals surface area contributed by atoms with Crippen LogP contribution in [0.2, 0.25) is 0 Å². The van der Waals surface area contributed by atoms with Crippen LogP contribution in [0.25, 0.3) is 0 Å². The molecule has 1 rings (SSSR count). The Balaban J connectivity index is 2.96. The monoisotopic (exact) mass is 255 g/mol. The second kappa shape index (κ2) is 6.34. The quantitative estimate of drug-likeness (QED) is 0.666. The Hall–Kier alpha value is -1.63. The second-order valence-electron chi connectivity index (χ2n) is 4.20. The molecule has 7 nitrogen and oxygen atoms in total. The standard InChI is InChI=1S/C11H21N5O2/c1-5-11(3,7-17)16-9-13-8(12-6-2)14-10(15-9)18-4/h17H,5-7H2,1-4H3,(H2,12,13,14,15,16). The lowest BCUT2D eigenvalue weighted by Gasteiger charge is -2.27. The van der Waals surface area contributed by atoms with E-state index in [4.69, 9.17) is 4.74 Å². The van der Waals surface area contributed by atoms with Crippen molar-refractivity contribution >= 4 is 11.9 Å². The molecule has 1 aromatic heterocycles. The largest absolute Gasteiger partial charge is 0.467 e. The number of hydrogen-bond donors (Lipinski definition) is 3. The van der Waals surface area contributed by atoms with E-state index in [9.17, 15) is 5.11 Å². The average Bonchev–Trinajstić information content (AvgIpc) is 2.38. The Morgan fingerprint density at radius 3 is 2.39 bits per heavy atom. The molecular weight excluding hydrogens is 234 g/mol. The van der Waals surface area contributed by atoms with Crippen molar-refractivity contribution in [2.24, 2.45) is 0 Å². The van der Waals surface area contributed by atoms with Crippen LogP contribution in [0.1, 0.15) is 27.2 Å². The summed E-state index contributed by atoms with van der Waals surface area (Å²) in [6.07, 6.45) is 0.744. The van der Waals surface area contributed by atoms with Crippen LogP contribution in [0, 0.1) is 0 Å². The van der Waals surface area contributed by atoms with Gasteiger partial charge in [0.05, 0.1) is 19.3 Å². The molecule has 0 aliphatic rings. The summed E-state index contributed by atoms with van der Waals surface area (Å²) in [5, 5.41) is 15.5. The molecule has 1 heterocycles. The summed E-state index contributed by atoms with van der Waals surface area (Å²) in [6.45, 7) is 6.53. The van der Waals surface area contributed by atoms with Crippen molar-refractivity contribution in [1.82, 2.24) is 15.0 Å². The molecule has 0 spiro atoms. The van der Waals surface area contributed by atoms with Crippen molar-refractivity contribution in [3.63, 3.8) is 0 Å². The van der Waals surface area contributed by atoms with Gasteiger partial charge >= 0.3 is 6.01 Å². The molecule has 1 unspecified atom stereocenters. The lowest BCUT2D eigenvalue weighted by atomic mass is 10.0. The molecule has 1 aromatic rings. The Morgan fingerprint density at radius 1 is 1.22 bits per heavy atom. The number of aliphatic hydroxyl groups is 1. The molecule has 18 heavy (non-hydrogen) atoms. The Morgan fingerprint density at radius 2 is 1.89 bits per heavy atom. The summed E-state index contributed by atoms with van der Waals surface area (Å²) in [5.41, 5.74) is -0.462. The highest BCUT2D eigenvalue weighted by Gasteiger charge is 2.22. The van der Waals surface area contributed by atoms with Crippen LogP contribution in [-0.4, -0.2) is 45.9 Å². The van der Waals surface area contributed by atoms with Crippen LogP contribution in [-0.2, 0) is 0 Å². The molecule has 1 atom stereocenters. The van der Waals surface area contributed by atoms with Crippen LogP contribution in [0.15, 0.2) is 0 Å². The lowest BCUT2D eigenvalue weighted by molar-refractivity contribution is 0.218. The van der Waals surface area contributed by atoms with Gasteiger partial charge in [-0.1, -0.05) is 6.92 Å². The zero-order valence-electron chi connectivity index (χ0n) is 11.3. The molecule has 0 radical (unpaired) electrons. The van der Waals surface area contributed by atoms with Crippen molar-refractivity contribution < 1.29 is 9.84 Å². The van der Waals surface area contributed by atoms with Crippen molar-refractivity contribution in [2.45, 2.75) is 32.7 Å². The maximum Gasteiger partial charge on any atom is 0.322 e. The third-order valence-electron chi connectivity index (χ3n) is 2.68. The van der Waals surface area contributed by atoms with Gasteiger partial charge in [-0.3, -0.25) is 0 Å². The predicted octanol–water partition coefficient (Wildman–Crippen LogP) is 0.885. The van der Waals surface area contributed by atoms with Crippen LogP contribution < -0.4 is 15.4 Å². The van der Waals surface area contributed by atoms with Gasteiger partial charge in [0, 0.05) is 6.54 Å². The minimum Gasteiger partial charge on any atom is -0.467 e. The molecule has 3 N–H and O–H groups in total. The summed E-state index contributed by atoms with van der Waals surface area (Å²) < 4.78 is 5.02. The van der Waals surface area contributed by atoms with Crippen LogP contribution in [0.4, 0.5) is 11.9 Å². The fraction of sp³-hybridized carbons (Fsp3) is 0.727. The van der Waals surface area contributed by atoms with Crippen LogP contribution in [0.3, 0.4) is 0 Å². The van der Waals surface area contributed by atoms with E-state index >= 15 is 0 Å². The maximum atomic E-state index is 9.37. The third-order valence-corrected chi connectivity index (χ3v) is 2.68. The molecular formula is C11H21N5O2. The predicted molar refractivity (Wildman–Crippen MR) is 69.9 cm³/mol. The van der Waals surface area contributed by atoms with Gasteiger partial charge in [0.25, 0.3) is 0 Å². The third kappa shape index (κ3) is 3.69. The fourth-order valence-electron chi connectivity index (χ4n) is 1.25. The van der Waals surface area contributed by atoms with Gasteiger partial charge in [0.2, 0.25) is 11.9 Å². The number of hydrogen-bond acceptors (Lipinski definition) is 7. The van der Waals surface area contributed by atoms with E-state index in [1.807, 2.05) is 20.8 Å². The second-order valence-corrected chi connectivity index (χ2v) is 4.20. The SMILES string of the molecule is CCNc1nc(NC(C)(CC)CO)nc(OC)n1. The smallest absolute Gasteiger partial charge is 0.322 e. The van der Waals surface area contributed by atoms with Gasteiger partial charge in [-0.25, -0.2) is 0 Å². The van der Waals surface area contributed by atoms with E-state index in [0.717, 1.165) is 6.42 Å². The number of anilines is 2. The number of nitrogens with zero attached hydrogens (tertiary/aromatic N) is 3. The van der Waals surface area contributed by atoms with Crippen molar-refractivity contribution in [2.75, 3.05) is 30.9 Å². The van der Waals surface area contributed by atoms with E-state index < -0.39 is 5.54 Å². The topological polar surface area (TPSA) is 92.2 Å². The highest BCUT2D eigenvalue weighted by Crippen LogP contribution is 2.17. The zero-order chi connectivity index (χ0) is 13.6. The average molecular weight is 255 g/mol. The van der Waals surface area contributed by atoms with Crippen LogP contribution >= 0.6 is 0 Å². The first kappa shape index (κ1) is 14.4. The Bertz CT molecular complexity index is 382. The van der Waals surface area contributed by atoms with Gasteiger partial charge in [-0.05, 0) is 20.3 Å². The van der Waals surface area contributed by atoms with Gasteiger partial charge in [-0.15, -0.1) is 0 Å². The Labute approximate surface area is 107 Å². The minimum absolute atomic E-state index is 0.00591. The highest BCUT2D eigenvalue weighted by atomic mass is 16.5. The van der Waals surface area contributed by atoms with Crippen molar-refractivity contribution in [3.8, 4) is 6.01 Å². The summed E-state index contributed by atoms with van der Waals surface area (Å²) >= 11 is 0. The molecule has 0 fully saturated rings. The van der Waals surface area contributed by atoms with Crippen molar-refractivity contribution in [1.29, 1.82) is 0 Å². The van der Waals surface area contributed by atoms with E-state index in [0.29, 0.717) is 18.4 Å². The van der Waals surface area contributed by atoms with E-state index in [1.165, 1.54) is 7.11 Å². The summed E-state index contributed by atoms with van der Waals surface area (Å²) in [4.78, 5) is 12.4. The van der Waals surface area contributed by atoms with Gasteiger partial charge in [0.1, 0.15) is 0 Å². The number of rotatable bonds is 7. The number of aromatic nitrogens is 3. The summed E-state index contributed by atoms with van der Waals surface area (Å²) in [7, 11) is 1.50. The molecule has 0 saturated carbocycles. The first-order valence-electron chi connectivity index (χ1n) is 6.00. The van der Waals surface area contributed by atoms with E-state index in [1.54, 1.807) is 0 Å². The summed E-state index contributed by atoms with van der Waals surface area (Å²) in [6, 6.07) is 0.236. The lowest BCUT2D eigenvalue weighted by Crippen LogP contribution is -2.38. The molecule has 102 valence electrons. The normalized spacial score (nSPS) is 13.8. The minimum atomic E-state index is -0.462. The number of ether oxygens (including phenoxy) is 1. The number of nitrogens with one attached hydrogen (secondary N) is 2. The first-order valence-corrected chi connectivity index (χ1v) is 6.00. The molecule has 0 aliphatic carbocycles. The number of methoxy groups -OCH3 is 1. The van der Waals surface area contributed by atoms with Gasteiger partial charge in [-0.2, -0.15) is 15.0 Å². The van der Waals surface area contributed by atoms with Crippen molar-refractivity contribution in [3.05, 3.63) is 0 Å². The molecule has 7 heteroatoms. The van der Waals surface area contributed by atoms with Crippen LogP contribution in [0.5, 0.6) is 6.01 Å². The molecule has 0 bridgehead atoms. The molecule has 0 amide bonds. The molecule has 0 aromatic carbocycles. The first-order chi connectivity index (χ1) is 8.56. The van der Waals surface area contributed by atoms with E-state index in [2.05, 4.69) is 25.6 Å².